The number of rotatable bonds is 10. The zero-order chi connectivity index (χ0) is 22.3. The van der Waals surface area contributed by atoms with Crippen LogP contribution in [-0.4, -0.2) is 41.6 Å². The van der Waals surface area contributed by atoms with Crippen molar-refractivity contribution >= 4 is 17.9 Å². The largest absolute Gasteiger partial charge is 0.465 e. The number of unbranched alkanes of at least 4 members (excludes halogenated alkanes) is 1. The summed E-state index contributed by atoms with van der Waals surface area (Å²) < 4.78 is 66.8. The summed E-state index contributed by atoms with van der Waals surface area (Å²) in [4.78, 5) is 33.8. The van der Waals surface area contributed by atoms with E-state index >= 15 is 0 Å². The average molecular weight is 426 g/mol. The van der Waals surface area contributed by atoms with Crippen molar-refractivity contribution in [3.8, 4) is 0 Å². The molecule has 1 rings (SSSR count). The van der Waals surface area contributed by atoms with Crippen LogP contribution in [0.15, 0.2) is 0 Å². The number of halogens is 5. The van der Waals surface area contributed by atoms with Crippen LogP contribution in [0, 0.1) is 29.1 Å². The number of hydrogen-bond acceptors (Lipinski definition) is 4. The van der Waals surface area contributed by atoms with E-state index in [1.165, 1.54) is 0 Å². The van der Waals surface area contributed by atoms with Gasteiger partial charge in [-0.25, -0.2) is 26.7 Å². The first-order chi connectivity index (χ1) is 13.5. The third kappa shape index (κ3) is 6.55. The van der Waals surface area contributed by atoms with Gasteiger partial charge in [0.05, 0.1) is 6.04 Å². The Morgan fingerprint density at radius 1 is 0.931 bits per heavy atom. The maximum absolute atomic E-state index is 13.7. The number of carboxylic acid groups (broad SMARTS) is 1. The maximum atomic E-state index is 13.7. The van der Waals surface area contributed by atoms with Crippen LogP contribution in [0.2, 0.25) is 0 Å². The quantitative estimate of drug-likeness (QED) is 0.161. The molecule has 3 amide bonds. The van der Waals surface area contributed by atoms with E-state index in [1.807, 2.05) is 0 Å². The normalized spacial score (nSPS) is 12.9. The van der Waals surface area contributed by atoms with Crippen LogP contribution in [0.25, 0.3) is 0 Å². The molecular formula is C16H19F5N4O4. The number of carbonyl (C=O) groups excluding carboxylic acids is 2. The number of primary amides is 1. The summed E-state index contributed by atoms with van der Waals surface area (Å²) in [6.45, 7) is 0.0918. The highest BCUT2D eigenvalue weighted by Gasteiger charge is 2.29. The van der Waals surface area contributed by atoms with Crippen LogP contribution in [0.3, 0.4) is 0 Å². The Balaban J connectivity index is 2.75. The number of carbonyl (C=O) groups is 3. The summed E-state index contributed by atoms with van der Waals surface area (Å²) in [5.41, 5.74) is 9.35. The molecule has 0 spiro atoms. The highest BCUT2D eigenvalue weighted by molar-refractivity contribution is 5.89. The van der Waals surface area contributed by atoms with Gasteiger partial charge in [0.25, 0.3) is 0 Å². The molecule has 0 saturated carbocycles. The van der Waals surface area contributed by atoms with Crippen molar-refractivity contribution in [2.24, 2.45) is 11.5 Å². The summed E-state index contributed by atoms with van der Waals surface area (Å²) in [5.74, 6) is -12.9. The fourth-order valence-corrected chi connectivity index (χ4v) is 2.38. The van der Waals surface area contributed by atoms with Gasteiger partial charge in [0.15, 0.2) is 23.3 Å². The van der Waals surface area contributed by atoms with E-state index in [4.69, 9.17) is 16.6 Å². The molecule has 0 aliphatic rings. The molecule has 2 atom stereocenters. The summed E-state index contributed by atoms with van der Waals surface area (Å²) >= 11 is 0. The predicted molar refractivity (Wildman–Crippen MR) is 88.9 cm³/mol. The third-order valence-electron chi connectivity index (χ3n) is 3.92. The smallest absolute Gasteiger partial charge is 0.404 e. The van der Waals surface area contributed by atoms with Crippen LogP contribution >= 0.6 is 0 Å². The van der Waals surface area contributed by atoms with Gasteiger partial charge in [-0.15, -0.1) is 0 Å². The van der Waals surface area contributed by atoms with Gasteiger partial charge >= 0.3 is 6.09 Å². The molecule has 0 aliphatic heterocycles. The Bertz CT molecular complexity index is 764. The van der Waals surface area contributed by atoms with Crippen molar-refractivity contribution in [2.75, 3.05) is 6.54 Å². The molecule has 0 saturated heterocycles. The molecule has 0 radical (unpaired) electrons. The Kier molecular flexibility index (Phi) is 8.76. The van der Waals surface area contributed by atoms with Gasteiger partial charge in [-0.1, -0.05) is 0 Å². The minimum absolute atomic E-state index is 0.0115. The van der Waals surface area contributed by atoms with E-state index in [-0.39, 0.29) is 19.4 Å². The second kappa shape index (κ2) is 10.5. The van der Waals surface area contributed by atoms with E-state index < -0.39 is 71.1 Å². The lowest BCUT2D eigenvalue weighted by molar-refractivity contribution is -0.128. The standard InChI is InChI=1S/C16H19F5N4O4/c17-9-6(10(18)12(20)13(21)11(9)19)5-7(22)15(27)25-8(14(23)26)3-1-2-4-24-16(28)29/h7-8,24H,1-5,22H2,(H2,23,26)(H,25,27)(H,28,29). The van der Waals surface area contributed by atoms with Crippen LogP contribution in [0.1, 0.15) is 24.8 Å². The monoisotopic (exact) mass is 426 g/mol. The van der Waals surface area contributed by atoms with Crippen LogP contribution in [0.5, 0.6) is 0 Å². The lowest BCUT2D eigenvalue weighted by Crippen LogP contribution is -2.51. The van der Waals surface area contributed by atoms with E-state index in [9.17, 15) is 36.3 Å². The second-order valence-electron chi connectivity index (χ2n) is 6.05. The minimum atomic E-state index is -2.34. The van der Waals surface area contributed by atoms with E-state index in [1.54, 1.807) is 0 Å². The minimum Gasteiger partial charge on any atom is -0.465 e. The first-order valence-corrected chi connectivity index (χ1v) is 8.29. The summed E-state index contributed by atoms with van der Waals surface area (Å²) in [5, 5.41) is 12.6. The van der Waals surface area contributed by atoms with Gasteiger partial charge in [0.1, 0.15) is 6.04 Å². The molecule has 0 aromatic heterocycles. The van der Waals surface area contributed by atoms with Gasteiger partial charge in [0, 0.05) is 18.5 Å². The number of nitrogens with two attached hydrogens (primary N) is 2. The molecule has 7 N–H and O–H groups in total. The molecule has 0 aliphatic carbocycles. The molecule has 162 valence electrons. The van der Waals surface area contributed by atoms with Gasteiger partial charge in [-0.3, -0.25) is 9.59 Å². The molecule has 8 nitrogen and oxygen atoms in total. The fraction of sp³-hybridized carbons (Fsp3) is 0.438. The molecule has 0 bridgehead atoms. The summed E-state index contributed by atoms with van der Waals surface area (Å²) in [6.07, 6.45) is -1.64. The van der Waals surface area contributed by atoms with Crippen LogP contribution in [-0.2, 0) is 16.0 Å². The number of hydrogen-bond donors (Lipinski definition) is 5. The molecule has 29 heavy (non-hydrogen) atoms. The van der Waals surface area contributed by atoms with Crippen LogP contribution in [0.4, 0.5) is 26.7 Å². The Labute approximate surface area is 161 Å². The maximum Gasteiger partial charge on any atom is 0.404 e. The first kappa shape index (κ1) is 24.1. The fourth-order valence-electron chi connectivity index (χ4n) is 2.38. The Morgan fingerprint density at radius 3 is 1.93 bits per heavy atom. The van der Waals surface area contributed by atoms with E-state index in [0.717, 1.165) is 0 Å². The van der Waals surface area contributed by atoms with Crippen molar-refractivity contribution < 1.29 is 41.4 Å². The van der Waals surface area contributed by atoms with Crippen molar-refractivity contribution in [1.82, 2.24) is 10.6 Å². The van der Waals surface area contributed by atoms with Crippen LogP contribution < -0.4 is 22.1 Å². The number of amides is 3. The van der Waals surface area contributed by atoms with Crippen molar-refractivity contribution in [3.05, 3.63) is 34.6 Å². The van der Waals surface area contributed by atoms with Gasteiger partial charge in [-0.2, -0.15) is 0 Å². The summed E-state index contributed by atoms with van der Waals surface area (Å²) in [7, 11) is 0. The first-order valence-electron chi connectivity index (χ1n) is 8.29. The predicted octanol–water partition coefficient (Wildman–Crippen LogP) is 0.660. The third-order valence-corrected chi connectivity index (χ3v) is 3.92. The zero-order valence-corrected chi connectivity index (χ0v) is 14.9. The number of nitrogens with one attached hydrogen (secondary N) is 2. The Hall–Kier alpha value is -2.96. The Morgan fingerprint density at radius 2 is 1.45 bits per heavy atom. The molecule has 1 aromatic carbocycles. The SMILES string of the molecule is NC(=O)C(CCCCNC(=O)O)NC(=O)C(N)Cc1c(F)c(F)c(F)c(F)c1F. The topological polar surface area (TPSA) is 148 Å². The van der Waals surface area contributed by atoms with Gasteiger partial charge in [-0.05, 0) is 19.3 Å². The van der Waals surface area contributed by atoms with Crippen molar-refractivity contribution in [2.45, 2.75) is 37.8 Å². The molecule has 1 aromatic rings. The number of benzene rings is 1. The molecular weight excluding hydrogens is 407 g/mol. The second-order valence-corrected chi connectivity index (χ2v) is 6.05. The average Bonchev–Trinajstić information content (AvgIpc) is 2.66. The van der Waals surface area contributed by atoms with E-state index in [2.05, 4.69) is 10.6 Å². The lowest BCUT2D eigenvalue weighted by Gasteiger charge is -2.19. The lowest BCUT2D eigenvalue weighted by atomic mass is 10.0. The van der Waals surface area contributed by atoms with Gasteiger partial charge in [0.2, 0.25) is 17.6 Å². The van der Waals surface area contributed by atoms with E-state index in [0.29, 0.717) is 6.42 Å². The highest BCUT2D eigenvalue weighted by Crippen LogP contribution is 2.23. The molecule has 0 fully saturated rings. The van der Waals surface area contributed by atoms with Gasteiger partial charge < -0.3 is 27.2 Å². The molecule has 13 heteroatoms. The van der Waals surface area contributed by atoms with Crippen molar-refractivity contribution in [1.29, 1.82) is 0 Å². The molecule has 2 unspecified atom stereocenters. The molecule has 0 heterocycles. The summed E-state index contributed by atoms with van der Waals surface area (Å²) in [6, 6.07) is -2.96. The zero-order valence-electron chi connectivity index (χ0n) is 14.9. The van der Waals surface area contributed by atoms with Crippen molar-refractivity contribution in [3.63, 3.8) is 0 Å². The highest BCUT2D eigenvalue weighted by atomic mass is 19.2.